The minimum atomic E-state index is -0.513. The highest BCUT2D eigenvalue weighted by Gasteiger charge is 2.19. The fourth-order valence-electron chi connectivity index (χ4n) is 5.06. The molecule has 4 heterocycles. The summed E-state index contributed by atoms with van der Waals surface area (Å²) in [7, 11) is 0. The van der Waals surface area contributed by atoms with E-state index >= 15 is 0 Å². The molecule has 0 aliphatic heterocycles. The van der Waals surface area contributed by atoms with Crippen molar-refractivity contribution in [1.82, 2.24) is 40.5 Å². The molecule has 0 radical (unpaired) electrons. The van der Waals surface area contributed by atoms with Gasteiger partial charge in [-0.2, -0.15) is 4.98 Å². The van der Waals surface area contributed by atoms with Gasteiger partial charge in [-0.05, 0) is 56.2 Å². The Morgan fingerprint density at radius 2 is 1.10 bits per heavy atom. The van der Waals surface area contributed by atoms with Crippen LogP contribution in [0.2, 0.25) is 20.1 Å². The molecule has 0 fully saturated rings. The summed E-state index contributed by atoms with van der Waals surface area (Å²) in [6.45, 7) is 2.37. The highest BCUT2D eigenvalue weighted by atomic mass is 35.5. The monoisotopic (exact) mass is 749 g/mol. The Morgan fingerprint density at radius 1 is 0.660 bits per heavy atom. The molecule has 0 unspecified atom stereocenters. The molecular weight excluding hydrogens is 724 g/mol. The second-order valence-electron chi connectivity index (χ2n) is 10.9. The zero-order valence-corrected chi connectivity index (χ0v) is 29.2. The Balaban J connectivity index is 1.06. The second-order valence-corrected chi connectivity index (χ2v) is 12.5. The predicted molar refractivity (Wildman–Crippen MR) is 198 cm³/mol. The van der Waals surface area contributed by atoms with Gasteiger partial charge < -0.3 is 16.4 Å². The Labute approximate surface area is 305 Å². The Hall–Kier alpha value is -5.08. The van der Waals surface area contributed by atoms with Crippen LogP contribution in [0.15, 0.2) is 60.9 Å². The van der Waals surface area contributed by atoms with E-state index in [0.29, 0.717) is 90.5 Å². The summed E-state index contributed by atoms with van der Waals surface area (Å²) in [5, 5.41) is 13.9. The third-order valence-corrected chi connectivity index (χ3v) is 8.64. The van der Waals surface area contributed by atoms with E-state index in [4.69, 9.17) is 52.1 Å². The average Bonchev–Trinajstić information content (AvgIpc) is 3.06. The van der Waals surface area contributed by atoms with Crippen molar-refractivity contribution in [1.29, 1.82) is 0 Å². The standard InChI is InChI=1S/C33H27Cl4N11O2/c1-16-41-14-17-12-19(25-21(34)6-4-7-22(25)35)29(44-27(17)43-16)47-32(49)39-10-2-3-11-40-33(50)48-30-20(26-23(36)8-5-9-24(26)37)13-18-15-42-31(38)46-28(18)45-30/h4-9,12-15H,2-3,10-11H2,1H3,(H2,39,41,43,44,47,49)(H4,38,40,42,45,46,48,50). The Kier molecular flexibility index (Phi) is 10.6. The third-order valence-electron chi connectivity index (χ3n) is 7.38. The van der Waals surface area contributed by atoms with E-state index in [-0.39, 0.29) is 23.2 Å². The van der Waals surface area contributed by atoms with Crippen molar-refractivity contribution < 1.29 is 9.59 Å². The molecule has 6 aromatic rings. The first kappa shape index (κ1) is 34.8. The van der Waals surface area contributed by atoms with E-state index < -0.39 is 12.1 Å². The van der Waals surface area contributed by atoms with Crippen molar-refractivity contribution in [3.8, 4) is 22.3 Å². The SMILES string of the molecule is Cc1ncc2cc(-c3c(Cl)cccc3Cl)c(NC(=O)NCCCCNC(=O)Nc3nc4nc(N)ncc4cc3-c3c(Cl)cccc3Cl)nc2n1. The molecule has 0 spiro atoms. The highest BCUT2D eigenvalue weighted by molar-refractivity contribution is 6.40. The molecule has 4 aromatic heterocycles. The third kappa shape index (κ3) is 7.87. The number of nitrogen functional groups attached to an aromatic ring is 1. The number of rotatable bonds is 9. The number of aromatic nitrogens is 6. The van der Waals surface area contributed by atoms with Crippen LogP contribution in [0.4, 0.5) is 27.2 Å². The van der Waals surface area contributed by atoms with Crippen molar-refractivity contribution in [3.05, 3.63) is 86.8 Å². The number of nitrogens with one attached hydrogen (secondary N) is 4. The molecule has 0 bridgehead atoms. The number of carbonyl (C=O) groups excluding carboxylic acids is 2. The van der Waals surface area contributed by atoms with Gasteiger partial charge in [-0.1, -0.05) is 58.5 Å². The first-order valence-corrected chi connectivity index (χ1v) is 16.6. The summed E-state index contributed by atoms with van der Waals surface area (Å²) in [5.74, 6) is 0.984. The van der Waals surface area contributed by atoms with Crippen LogP contribution in [0, 0.1) is 6.92 Å². The van der Waals surface area contributed by atoms with Gasteiger partial charge in [-0.3, -0.25) is 10.6 Å². The molecule has 13 nitrogen and oxygen atoms in total. The van der Waals surface area contributed by atoms with E-state index in [2.05, 4.69) is 51.2 Å². The Morgan fingerprint density at radius 3 is 1.58 bits per heavy atom. The molecule has 2 aromatic carbocycles. The minimum Gasteiger partial charge on any atom is -0.368 e. The summed E-state index contributed by atoms with van der Waals surface area (Å²) in [5.41, 5.74) is 8.45. The lowest BCUT2D eigenvalue weighted by molar-refractivity contribution is 0.250. The largest absolute Gasteiger partial charge is 0.368 e. The molecule has 4 amide bonds. The van der Waals surface area contributed by atoms with Crippen LogP contribution in [-0.2, 0) is 0 Å². The quantitative estimate of drug-likeness (QED) is 0.0915. The van der Waals surface area contributed by atoms with Gasteiger partial charge in [0.05, 0.1) is 20.1 Å². The van der Waals surface area contributed by atoms with E-state index in [1.54, 1.807) is 61.7 Å². The Bertz CT molecular complexity index is 2070. The van der Waals surface area contributed by atoms with Gasteiger partial charge in [0, 0.05) is 58.5 Å². The van der Waals surface area contributed by atoms with Gasteiger partial charge in [-0.15, -0.1) is 0 Å². The molecule has 17 heteroatoms. The van der Waals surface area contributed by atoms with Crippen LogP contribution in [-0.4, -0.2) is 55.1 Å². The molecule has 254 valence electrons. The van der Waals surface area contributed by atoms with Crippen molar-refractivity contribution in [2.45, 2.75) is 19.8 Å². The number of pyridine rings is 2. The average molecular weight is 751 g/mol. The van der Waals surface area contributed by atoms with Crippen LogP contribution < -0.4 is 27.0 Å². The van der Waals surface area contributed by atoms with Crippen LogP contribution >= 0.6 is 46.4 Å². The summed E-state index contributed by atoms with van der Waals surface area (Å²) < 4.78 is 0. The topological polar surface area (TPSA) is 186 Å². The maximum absolute atomic E-state index is 12.9. The number of aryl methyl sites for hydroxylation is 1. The number of anilines is 3. The number of urea groups is 2. The van der Waals surface area contributed by atoms with Crippen molar-refractivity contribution >= 4 is 98.1 Å². The maximum atomic E-state index is 12.9. The maximum Gasteiger partial charge on any atom is 0.320 e. The molecule has 0 aliphatic rings. The highest BCUT2D eigenvalue weighted by Crippen LogP contribution is 2.40. The number of amides is 4. The number of fused-ring (bicyclic) bond motifs is 2. The van der Waals surface area contributed by atoms with Gasteiger partial charge in [0.15, 0.2) is 11.3 Å². The van der Waals surface area contributed by atoms with E-state index in [9.17, 15) is 9.59 Å². The number of hydrogen-bond acceptors (Lipinski definition) is 9. The fraction of sp³-hybridized carbons (Fsp3) is 0.152. The number of nitrogens with two attached hydrogens (primary N) is 1. The molecule has 6 rings (SSSR count). The number of carbonyl (C=O) groups is 2. The molecule has 6 N–H and O–H groups in total. The number of halogens is 4. The fourth-order valence-corrected chi connectivity index (χ4v) is 6.27. The van der Waals surface area contributed by atoms with E-state index in [1.165, 1.54) is 6.20 Å². The minimum absolute atomic E-state index is 0.0369. The van der Waals surface area contributed by atoms with Gasteiger partial charge >= 0.3 is 12.1 Å². The normalized spacial score (nSPS) is 11.1. The summed E-state index contributed by atoms with van der Waals surface area (Å²) >= 11 is 26.0. The second kappa shape index (κ2) is 15.2. The van der Waals surface area contributed by atoms with Gasteiger partial charge in [0.1, 0.15) is 17.5 Å². The zero-order valence-electron chi connectivity index (χ0n) is 26.2. The predicted octanol–water partition coefficient (Wildman–Crippen LogP) is 7.92. The van der Waals surface area contributed by atoms with Crippen molar-refractivity contribution in [2.75, 3.05) is 29.5 Å². The number of unbranched alkanes of at least 4 members (excludes halogenated alkanes) is 1. The first-order valence-electron chi connectivity index (χ1n) is 15.1. The van der Waals surface area contributed by atoms with Gasteiger partial charge in [-0.25, -0.2) is 34.5 Å². The van der Waals surface area contributed by atoms with Crippen LogP contribution in [0.1, 0.15) is 18.7 Å². The molecule has 0 saturated heterocycles. The van der Waals surface area contributed by atoms with Gasteiger partial charge in [0.25, 0.3) is 0 Å². The molecule has 0 aliphatic carbocycles. The van der Waals surface area contributed by atoms with Crippen molar-refractivity contribution in [2.24, 2.45) is 0 Å². The molecular formula is C33H27Cl4N11O2. The molecule has 0 atom stereocenters. The number of benzene rings is 2. The summed E-state index contributed by atoms with van der Waals surface area (Å²) in [6.07, 6.45) is 4.28. The van der Waals surface area contributed by atoms with E-state index in [1.807, 2.05) is 0 Å². The first-order chi connectivity index (χ1) is 24.1. The summed E-state index contributed by atoms with van der Waals surface area (Å²) in [4.78, 5) is 51.7. The van der Waals surface area contributed by atoms with Gasteiger partial charge in [0.2, 0.25) is 5.95 Å². The summed E-state index contributed by atoms with van der Waals surface area (Å²) in [6, 6.07) is 12.7. The van der Waals surface area contributed by atoms with Crippen LogP contribution in [0.3, 0.4) is 0 Å². The van der Waals surface area contributed by atoms with Crippen LogP contribution in [0.25, 0.3) is 44.3 Å². The van der Waals surface area contributed by atoms with Crippen LogP contribution in [0.5, 0.6) is 0 Å². The zero-order chi connectivity index (χ0) is 35.4. The number of nitrogens with zero attached hydrogens (tertiary/aromatic N) is 6. The lowest BCUT2D eigenvalue weighted by atomic mass is 10.0. The lowest BCUT2D eigenvalue weighted by Gasteiger charge is -2.15. The smallest absolute Gasteiger partial charge is 0.320 e. The lowest BCUT2D eigenvalue weighted by Crippen LogP contribution is -2.32. The van der Waals surface area contributed by atoms with Crippen molar-refractivity contribution in [3.63, 3.8) is 0 Å². The van der Waals surface area contributed by atoms with E-state index in [0.717, 1.165) is 0 Å². The number of hydrogen-bond donors (Lipinski definition) is 5. The molecule has 50 heavy (non-hydrogen) atoms. The molecule has 0 saturated carbocycles.